The van der Waals surface area contributed by atoms with Crippen molar-refractivity contribution in [3.63, 3.8) is 0 Å². The highest BCUT2D eigenvalue weighted by atomic mass is 16.7. The Kier molecular flexibility index (Phi) is 6.30. The summed E-state index contributed by atoms with van der Waals surface area (Å²) in [5, 5.41) is 67.9. The molecule has 2 aliphatic rings. The average molecular weight is 340 g/mol. The highest BCUT2D eigenvalue weighted by molar-refractivity contribution is 4.94. The third-order valence-corrected chi connectivity index (χ3v) is 4.24. The minimum atomic E-state index is -1.65. The molecule has 2 saturated heterocycles. The van der Waals surface area contributed by atoms with Crippen LogP contribution in [0, 0.1) is 0 Å². The molecule has 0 aliphatic carbocycles. The van der Waals surface area contributed by atoms with E-state index in [-0.39, 0.29) is 0 Å². The summed E-state index contributed by atoms with van der Waals surface area (Å²) >= 11 is 0. The molecule has 0 saturated carbocycles. The van der Waals surface area contributed by atoms with E-state index in [1.165, 1.54) is 6.92 Å². The van der Waals surface area contributed by atoms with E-state index in [0.29, 0.717) is 0 Å². The van der Waals surface area contributed by atoms with E-state index in [1.54, 1.807) is 0 Å². The lowest BCUT2D eigenvalue weighted by atomic mass is 9.95. The maximum absolute atomic E-state index is 10.1. The second kappa shape index (κ2) is 7.66. The van der Waals surface area contributed by atoms with Gasteiger partial charge in [-0.05, 0) is 6.92 Å². The van der Waals surface area contributed by atoms with Crippen molar-refractivity contribution < 1.29 is 50.0 Å². The van der Waals surface area contributed by atoms with Gasteiger partial charge in [-0.3, -0.25) is 0 Å². The van der Waals surface area contributed by atoms with Gasteiger partial charge in [-0.15, -0.1) is 0 Å². The SMILES string of the molecule is C[C@@H]1OC(CO)[C@H](O)[C@H](O[C@@H]2OC(CO)[C@H](O)[C@H](O)C2O)C1O. The van der Waals surface area contributed by atoms with Crippen LogP contribution in [-0.2, 0) is 14.2 Å². The Balaban J connectivity index is 2.11. The van der Waals surface area contributed by atoms with Crippen LogP contribution in [0.3, 0.4) is 0 Å². The van der Waals surface area contributed by atoms with Gasteiger partial charge in [0.05, 0.1) is 19.3 Å². The van der Waals surface area contributed by atoms with Gasteiger partial charge < -0.3 is 50.0 Å². The molecule has 2 heterocycles. The Hall–Kier alpha value is -0.400. The molecule has 7 N–H and O–H groups in total. The maximum atomic E-state index is 10.1. The maximum Gasteiger partial charge on any atom is 0.187 e. The van der Waals surface area contributed by atoms with Crippen LogP contribution in [-0.4, -0.2) is 110 Å². The highest BCUT2D eigenvalue weighted by Gasteiger charge is 2.49. The van der Waals surface area contributed by atoms with Crippen molar-refractivity contribution >= 4 is 0 Å². The van der Waals surface area contributed by atoms with Crippen LogP contribution in [0.4, 0.5) is 0 Å². The first-order chi connectivity index (χ1) is 10.8. The van der Waals surface area contributed by atoms with Gasteiger partial charge in [-0.1, -0.05) is 0 Å². The number of aliphatic hydroxyl groups excluding tert-OH is 7. The minimum absolute atomic E-state index is 0.507. The van der Waals surface area contributed by atoms with Crippen molar-refractivity contribution in [1.29, 1.82) is 0 Å². The zero-order chi connectivity index (χ0) is 17.3. The highest BCUT2D eigenvalue weighted by Crippen LogP contribution is 2.28. The molecule has 2 fully saturated rings. The first-order valence-corrected chi connectivity index (χ1v) is 7.40. The number of hydrogen-bond acceptors (Lipinski definition) is 10. The zero-order valence-electron chi connectivity index (χ0n) is 12.5. The summed E-state index contributed by atoms with van der Waals surface area (Å²) in [6.45, 7) is 0.384. The zero-order valence-corrected chi connectivity index (χ0v) is 12.5. The third-order valence-electron chi connectivity index (χ3n) is 4.24. The van der Waals surface area contributed by atoms with Crippen LogP contribution in [0.5, 0.6) is 0 Å². The van der Waals surface area contributed by atoms with Gasteiger partial charge in [-0.2, -0.15) is 0 Å². The second-order valence-corrected chi connectivity index (χ2v) is 5.84. The number of aliphatic hydroxyl groups is 7. The Labute approximate surface area is 132 Å². The van der Waals surface area contributed by atoms with Crippen LogP contribution in [0.25, 0.3) is 0 Å². The van der Waals surface area contributed by atoms with Gasteiger partial charge in [0.25, 0.3) is 0 Å². The summed E-state index contributed by atoms with van der Waals surface area (Å²) in [5.74, 6) is 0. The third kappa shape index (κ3) is 3.66. The lowest BCUT2D eigenvalue weighted by Gasteiger charge is -2.45. The summed E-state index contributed by atoms with van der Waals surface area (Å²) in [5.41, 5.74) is 0. The molecule has 4 unspecified atom stereocenters. The van der Waals surface area contributed by atoms with E-state index in [4.69, 9.17) is 19.3 Å². The molecule has 23 heavy (non-hydrogen) atoms. The van der Waals surface area contributed by atoms with Crippen molar-refractivity contribution in [3.05, 3.63) is 0 Å². The minimum Gasteiger partial charge on any atom is -0.394 e. The van der Waals surface area contributed by atoms with Gasteiger partial charge in [0.2, 0.25) is 0 Å². The molecule has 10 atom stereocenters. The Morgan fingerprint density at radius 1 is 0.739 bits per heavy atom. The topological polar surface area (TPSA) is 169 Å². The fraction of sp³-hybridized carbons (Fsp3) is 1.00. The molecule has 0 aromatic rings. The van der Waals surface area contributed by atoms with E-state index < -0.39 is 74.4 Å². The van der Waals surface area contributed by atoms with Crippen molar-refractivity contribution in [3.8, 4) is 0 Å². The summed E-state index contributed by atoms with van der Waals surface area (Å²) < 4.78 is 15.8. The normalized spacial score (nSPS) is 51.7. The van der Waals surface area contributed by atoms with Crippen LogP contribution in [0.2, 0.25) is 0 Å². The predicted molar refractivity (Wildman–Crippen MR) is 72.1 cm³/mol. The van der Waals surface area contributed by atoms with Gasteiger partial charge >= 0.3 is 0 Å². The number of ether oxygens (including phenoxy) is 3. The largest absolute Gasteiger partial charge is 0.394 e. The van der Waals surface area contributed by atoms with Crippen LogP contribution in [0.1, 0.15) is 6.92 Å². The predicted octanol–water partition coefficient (Wildman–Crippen LogP) is -4.33. The second-order valence-electron chi connectivity index (χ2n) is 5.84. The van der Waals surface area contributed by atoms with Crippen LogP contribution in [0.15, 0.2) is 0 Å². The molecule has 0 aromatic carbocycles. The summed E-state index contributed by atoms with van der Waals surface area (Å²) in [6, 6.07) is 0. The monoisotopic (exact) mass is 340 g/mol. The smallest absolute Gasteiger partial charge is 0.187 e. The molecule has 10 nitrogen and oxygen atoms in total. The van der Waals surface area contributed by atoms with Gasteiger partial charge in [-0.25, -0.2) is 0 Å². The lowest BCUT2D eigenvalue weighted by Crippen LogP contribution is -2.64. The van der Waals surface area contributed by atoms with Gasteiger partial charge in [0.15, 0.2) is 6.29 Å². The van der Waals surface area contributed by atoms with Crippen LogP contribution < -0.4 is 0 Å². The van der Waals surface area contributed by atoms with Crippen LogP contribution >= 0.6 is 0 Å². The summed E-state index contributed by atoms with van der Waals surface area (Å²) in [6.07, 6.45) is -13.2. The molecule has 0 amide bonds. The van der Waals surface area contributed by atoms with Crippen molar-refractivity contribution in [1.82, 2.24) is 0 Å². The molecule has 2 rings (SSSR count). The molecule has 0 aromatic heterocycles. The molecule has 0 bridgehead atoms. The van der Waals surface area contributed by atoms with E-state index in [1.807, 2.05) is 0 Å². The quantitative estimate of drug-likeness (QED) is 0.265. The van der Waals surface area contributed by atoms with Crippen molar-refractivity contribution in [2.75, 3.05) is 13.2 Å². The average Bonchev–Trinajstić information content (AvgIpc) is 2.54. The fourth-order valence-electron chi connectivity index (χ4n) is 2.76. The summed E-state index contributed by atoms with van der Waals surface area (Å²) in [7, 11) is 0. The Morgan fingerprint density at radius 3 is 1.87 bits per heavy atom. The Bertz CT molecular complexity index is 380. The molecular formula is C13H24O10. The molecule has 10 heteroatoms. The van der Waals surface area contributed by atoms with Gasteiger partial charge in [0.1, 0.15) is 48.8 Å². The number of rotatable bonds is 4. The molecule has 136 valence electrons. The van der Waals surface area contributed by atoms with E-state index in [9.17, 15) is 30.6 Å². The van der Waals surface area contributed by atoms with Crippen molar-refractivity contribution in [2.45, 2.75) is 68.1 Å². The van der Waals surface area contributed by atoms with Crippen molar-refractivity contribution in [2.24, 2.45) is 0 Å². The van der Waals surface area contributed by atoms with Gasteiger partial charge in [0, 0.05) is 0 Å². The first-order valence-electron chi connectivity index (χ1n) is 7.40. The first kappa shape index (κ1) is 18.9. The number of hydrogen-bond donors (Lipinski definition) is 7. The summed E-state index contributed by atoms with van der Waals surface area (Å²) in [4.78, 5) is 0. The standard InChI is InChI=1S/C13H24O10/c1-4-7(16)12(9(18)6(3-15)21-4)23-13-11(20)10(19)8(17)5(2-14)22-13/h4-20H,2-3H2,1H3/t4-,5?,6?,7?,8-,9-,10-,11?,12+,13-/m0/s1. The fourth-order valence-corrected chi connectivity index (χ4v) is 2.76. The lowest BCUT2D eigenvalue weighted by molar-refractivity contribution is -0.340. The van der Waals surface area contributed by atoms with E-state index in [2.05, 4.69) is 0 Å². The van der Waals surface area contributed by atoms with E-state index >= 15 is 0 Å². The molecule has 0 radical (unpaired) electrons. The molecule has 0 spiro atoms. The molecule has 2 aliphatic heterocycles. The molecular weight excluding hydrogens is 316 g/mol. The van der Waals surface area contributed by atoms with E-state index in [0.717, 1.165) is 0 Å². The Morgan fingerprint density at radius 2 is 1.30 bits per heavy atom.